The van der Waals surface area contributed by atoms with E-state index in [9.17, 15) is 9.59 Å². The fourth-order valence-electron chi connectivity index (χ4n) is 3.56. The maximum Gasteiger partial charge on any atom is 0.297 e. The highest BCUT2D eigenvalue weighted by molar-refractivity contribution is 9.10. The lowest BCUT2D eigenvalue weighted by atomic mass is 9.99. The van der Waals surface area contributed by atoms with E-state index in [1.165, 1.54) is 11.3 Å². The molecule has 29 heavy (non-hydrogen) atoms. The van der Waals surface area contributed by atoms with Crippen molar-refractivity contribution in [1.82, 2.24) is 4.98 Å². The Morgan fingerprint density at radius 2 is 1.79 bits per heavy atom. The molecule has 144 valence electrons. The third-order valence-electron chi connectivity index (χ3n) is 4.83. The summed E-state index contributed by atoms with van der Waals surface area (Å²) in [7, 11) is 0. The van der Waals surface area contributed by atoms with Gasteiger partial charge in [0.1, 0.15) is 5.58 Å². The fraction of sp³-hybridized carbons (Fsp3) is 0.0952. The maximum absolute atomic E-state index is 13.5. The Kier molecular flexibility index (Phi) is 4.45. The zero-order chi connectivity index (χ0) is 20.3. The van der Waals surface area contributed by atoms with E-state index in [-0.39, 0.29) is 17.1 Å². The normalized spacial score (nSPS) is 15.9. The van der Waals surface area contributed by atoms with Crippen molar-refractivity contribution in [2.24, 2.45) is 0 Å². The van der Waals surface area contributed by atoms with Crippen LogP contribution < -0.4 is 10.3 Å². The second-order valence-corrected chi connectivity index (χ2v) is 9.38. The van der Waals surface area contributed by atoms with Crippen LogP contribution in [0.3, 0.4) is 0 Å². The van der Waals surface area contributed by atoms with Gasteiger partial charge in [-0.05, 0) is 42.8 Å². The van der Waals surface area contributed by atoms with Gasteiger partial charge in [0.05, 0.1) is 22.7 Å². The van der Waals surface area contributed by atoms with E-state index in [4.69, 9.17) is 4.42 Å². The molecular weight excluding hydrogens is 520 g/mol. The average Bonchev–Trinajstić information content (AvgIpc) is 3.25. The van der Waals surface area contributed by atoms with Crippen LogP contribution in [-0.4, -0.2) is 10.9 Å². The molecule has 1 unspecified atom stereocenters. The lowest BCUT2D eigenvalue weighted by molar-refractivity contribution is 0.0971. The number of carbonyl (C=O) groups is 1. The van der Waals surface area contributed by atoms with E-state index in [1.807, 2.05) is 36.6 Å². The van der Waals surface area contributed by atoms with E-state index < -0.39 is 6.04 Å². The Morgan fingerprint density at radius 1 is 1.07 bits per heavy atom. The van der Waals surface area contributed by atoms with Crippen molar-refractivity contribution in [2.45, 2.75) is 13.0 Å². The highest BCUT2D eigenvalue weighted by Crippen LogP contribution is 2.42. The summed E-state index contributed by atoms with van der Waals surface area (Å²) in [5.41, 5.74) is 2.15. The van der Waals surface area contributed by atoms with Crippen molar-refractivity contribution in [3.63, 3.8) is 0 Å². The molecule has 2 aromatic carbocycles. The first kappa shape index (κ1) is 18.7. The van der Waals surface area contributed by atoms with E-state index in [0.29, 0.717) is 21.7 Å². The Morgan fingerprint density at radius 3 is 2.48 bits per heavy atom. The molecular formula is C21H12Br2N2O3S. The number of nitrogens with zero attached hydrogens (tertiary/aromatic N) is 2. The van der Waals surface area contributed by atoms with Gasteiger partial charge in [-0.3, -0.25) is 14.5 Å². The number of fused-ring (bicyclic) bond motifs is 2. The number of aryl methyl sites for hydroxylation is 1. The zero-order valence-corrected chi connectivity index (χ0v) is 19.0. The van der Waals surface area contributed by atoms with Crippen molar-refractivity contribution < 1.29 is 9.21 Å². The molecule has 0 fully saturated rings. The average molecular weight is 532 g/mol. The largest absolute Gasteiger partial charge is 0.450 e. The van der Waals surface area contributed by atoms with Crippen molar-refractivity contribution in [3.05, 3.63) is 89.6 Å². The van der Waals surface area contributed by atoms with Gasteiger partial charge in [-0.15, -0.1) is 11.3 Å². The summed E-state index contributed by atoms with van der Waals surface area (Å²) in [6, 6.07) is 12.2. The molecule has 8 heteroatoms. The smallest absolute Gasteiger partial charge is 0.297 e. The number of hydrogen-bond acceptors (Lipinski definition) is 5. The fourth-order valence-corrected chi connectivity index (χ4v) is 5.01. The van der Waals surface area contributed by atoms with Crippen LogP contribution in [0.25, 0.3) is 11.0 Å². The minimum Gasteiger partial charge on any atom is -0.450 e. The van der Waals surface area contributed by atoms with Crippen molar-refractivity contribution in [3.8, 4) is 0 Å². The predicted molar refractivity (Wildman–Crippen MR) is 120 cm³/mol. The lowest BCUT2D eigenvalue weighted by Crippen LogP contribution is -2.29. The van der Waals surface area contributed by atoms with Crippen LogP contribution in [-0.2, 0) is 0 Å². The minimum atomic E-state index is -0.601. The number of rotatable bonds is 2. The molecule has 3 heterocycles. The highest BCUT2D eigenvalue weighted by atomic mass is 79.9. The topological polar surface area (TPSA) is 63.4 Å². The summed E-state index contributed by atoms with van der Waals surface area (Å²) in [6.07, 6.45) is 0. The lowest BCUT2D eigenvalue weighted by Gasteiger charge is -2.22. The van der Waals surface area contributed by atoms with Gasteiger partial charge in [-0.2, -0.15) is 0 Å². The van der Waals surface area contributed by atoms with Gasteiger partial charge in [0.2, 0.25) is 5.76 Å². The summed E-state index contributed by atoms with van der Waals surface area (Å²) in [4.78, 5) is 32.9. The number of thiazole rings is 1. The van der Waals surface area contributed by atoms with Gasteiger partial charge in [-0.25, -0.2) is 4.98 Å². The quantitative estimate of drug-likeness (QED) is 0.326. The van der Waals surface area contributed by atoms with Crippen molar-refractivity contribution in [1.29, 1.82) is 0 Å². The van der Waals surface area contributed by atoms with Gasteiger partial charge in [0.25, 0.3) is 5.91 Å². The minimum absolute atomic E-state index is 0.0746. The zero-order valence-electron chi connectivity index (χ0n) is 15.0. The molecule has 2 aromatic heterocycles. The molecule has 0 aliphatic carbocycles. The molecule has 0 saturated heterocycles. The van der Waals surface area contributed by atoms with E-state index in [0.717, 1.165) is 20.2 Å². The summed E-state index contributed by atoms with van der Waals surface area (Å²) < 4.78 is 7.63. The number of halogens is 2. The molecule has 5 rings (SSSR count). The van der Waals surface area contributed by atoms with Gasteiger partial charge >= 0.3 is 0 Å². The highest BCUT2D eigenvalue weighted by Gasteiger charge is 2.44. The Balaban J connectivity index is 1.83. The van der Waals surface area contributed by atoms with Crippen LogP contribution in [0.2, 0.25) is 0 Å². The van der Waals surface area contributed by atoms with Gasteiger partial charge in [0.15, 0.2) is 10.6 Å². The van der Waals surface area contributed by atoms with E-state index >= 15 is 0 Å². The third kappa shape index (κ3) is 2.97. The predicted octanol–water partition coefficient (Wildman–Crippen LogP) is 5.83. The first-order chi connectivity index (χ1) is 13.9. The van der Waals surface area contributed by atoms with Crippen molar-refractivity contribution >= 4 is 65.2 Å². The first-order valence-corrected chi connectivity index (χ1v) is 11.2. The SMILES string of the molecule is Cc1csc(N2C(=O)c3oc4ccc(Br)cc4c(=O)c3C2c2ccc(Br)cc2)n1. The molecule has 1 amide bonds. The molecule has 0 N–H and O–H groups in total. The second kappa shape index (κ2) is 6.90. The van der Waals surface area contributed by atoms with Crippen LogP contribution in [0.1, 0.15) is 33.4 Å². The van der Waals surface area contributed by atoms with Crippen LogP contribution >= 0.6 is 43.2 Å². The number of aromatic nitrogens is 1. The molecule has 0 bridgehead atoms. The molecule has 0 saturated carbocycles. The van der Waals surface area contributed by atoms with Crippen LogP contribution in [0.5, 0.6) is 0 Å². The van der Waals surface area contributed by atoms with Gasteiger partial charge < -0.3 is 4.42 Å². The number of carbonyl (C=O) groups excluding carboxylic acids is 1. The third-order valence-corrected chi connectivity index (χ3v) is 6.81. The Hall–Kier alpha value is -2.29. The van der Waals surface area contributed by atoms with Crippen LogP contribution in [0, 0.1) is 6.92 Å². The summed E-state index contributed by atoms with van der Waals surface area (Å²) in [5, 5.41) is 2.86. The van der Waals surface area contributed by atoms with E-state index in [1.54, 1.807) is 23.1 Å². The summed E-state index contributed by atoms with van der Waals surface area (Å²) >= 11 is 8.22. The molecule has 1 atom stereocenters. The number of anilines is 1. The van der Waals surface area contributed by atoms with Crippen LogP contribution in [0.15, 0.2) is 66.0 Å². The Labute approximate surface area is 186 Å². The standard InChI is InChI=1S/C21H12Br2N2O3S/c1-10-9-29-21(24-10)25-17(11-2-4-12(22)5-3-11)16-18(26)14-8-13(23)6-7-15(14)28-19(16)20(25)27/h2-9,17H,1H3. The summed E-state index contributed by atoms with van der Waals surface area (Å²) in [6.45, 7) is 1.87. The van der Waals surface area contributed by atoms with Crippen LogP contribution in [0.4, 0.5) is 5.13 Å². The summed E-state index contributed by atoms with van der Waals surface area (Å²) in [5.74, 6) is -0.283. The van der Waals surface area contributed by atoms with Gasteiger partial charge in [0, 0.05) is 14.3 Å². The molecule has 5 nitrogen and oxygen atoms in total. The molecule has 1 aliphatic heterocycles. The second-order valence-electron chi connectivity index (χ2n) is 6.72. The maximum atomic E-state index is 13.5. The van der Waals surface area contributed by atoms with Crippen molar-refractivity contribution in [2.75, 3.05) is 4.90 Å². The number of hydrogen-bond donors (Lipinski definition) is 0. The Bertz CT molecular complexity index is 1340. The molecule has 0 radical (unpaired) electrons. The van der Waals surface area contributed by atoms with Gasteiger partial charge in [-0.1, -0.05) is 44.0 Å². The van der Waals surface area contributed by atoms with E-state index in [2.05, 4.69) is 36.8 Å². The molecule has 0 spiro atoms. The number of amides is 1. The first-order valence-electron chi connectivity index (χ1n) is 8.71. The number of benzene rings is 2. The molecule has 1 aliphatic rings. The monoisotopic (exact) mass is 530 g/mol. The molecule has 4 aromatic rings.